The average Bonchev–Trinajstić information content (AvgIpc) is 2.98. The van der Waals surface area contributed by atoms with E-state index in [0.717, 1.165) is 36.2 Å². The number of benzene rings is 1. The highest BCUT2D eigenvalue weighted by Gasteiger charge is 2.38. The number of hydrogen-bond acceptors (Lipinski definition) is 5. The third-order valence-corrected chi connectivity index (χ3v) is 7.78. The molecule has 0 aromatic heterocycles. The van der Waals surface area contributed by atoms with Crippen LogP contribution in [0.5, 0.6) is 0 Å². The fourth-order valence-corrected chi connectivity index (χ4v) is 5.59. The van der Waals surface area contributed by atoms with Crippen molar-refractivity contribution in [2.24, 2.45) is 5.92 Å². The van der Waals surface area contributed by atoms with Crippen LogP contribution in [0.2, 0.25) is 0 Å². The first-order chi connectivity index (χ1) is 14.6. The lowest BCUT2D eigenvalue weighted by molar-refractivity contribution is -0.136. The molecule has 0 saturated carbocycles. The maximum atomic E-state index is 12.5. The van der Waals surface area contributed by atoms with E-state index in [1.54, 1.807) is 6.07 Å². The highest BCUT2D eigenvalue weighted by molar-refractivity contribution is 7.88. The van der Waals surface area contributed by atoms with Gasteiger partial charge in [0, 0.05) is 31.9 Å². The van der Waals surface area contributed by atoms with E-state index >= 15 is 0 Å². The molecular formula is C21H28N4O5S. The summed E-state index contributed by atoms with van der Waals surface area (Å²) in [5.41, 5.74) is 3.41. The predicted molar refractivity (Wildman–Crippen MR) is 116 cm³/mol. The fourth-order valence-electron chi connectivity index (χ4n) is 4.72. The van der Waals surface area contributed by atoms with E-state index in [4.69, 9.17) is 0 Å². The van der Waals surface area contributed by atoms with Gasteiger partial charge in [-0.3, -0.25) is 14.4 Å². The minimum absolute atomic E-state index is 0.0825. The lowest BCUT2D eigenvalue weighted by atomic mass is 9.96. The molecule has 10 heteroatoms. The van der Waals surface area contributed by atoms with Crippen molar-refractivity contribution < 1.29 is 22.8 Å². The summed E-state index contributed by atoms with van der Waals surface area (Å²) in [6.45, 7) is 3.78. The number of carbonyl (C=O) groups excluding carboxylic acids is 3. The molecule has 31 heavy (non-hydrogen) atoms. The molecule has 1 atom stereocenters. The van der Waals surface area contributed by atoms with E-state index < -0.39 is 21.8 Å². The number of nitrogens with one attached hydrogen (secondary N) is 2. The first kappa shape index (κ1) is 21.8. The summed E-state index contributed by atoms with van der Waals surface area (Å²) >= 11 is 0. The van der Waals surface area contributed by atoms with Gasteiger partial charge in [-0.25, -0.2) is 12.7 Å². The fraction of sp³-hybridized carbons (Fsp3) is 0.571. The predicted octanol–water partition coefficient (Wildman–Crippen LogP) is 0.809. The Morgan fingerprint density at radius 3 is 2.52 bits per heavy atom. The number of nitrogens with zero attached hydrogens (tertiary/aromatic N) is 2. The van der Waals surface area contributed by atoms with Crippen molar-refractivity contribution in [2.45, 2.75) is 38.5 Å². The molecule has 3 aliphatic heterocycles. The van der Waals surface area contributed by atoms with Crippen LogP contribution in [0.15, 0.2) is 12.1 Å². The van der Waals surface area contributed by atoms with Crippen LogP contribution in [0.25, 0.3) is 0 Å². The summed E-state index contributed by atoms with van der Waals surface area (Å²) in [5.74, 6) is -1.50. The van der Waals surface area contributed by atoms with Gasteiger partial charge in [0.2, 0.25) is 15.9 Å². The van der Waals surface area contributed by atoms with Crippen molar-refractivity contribution in [3.8, 4) is 0 Å². The molecule has 168 valence electrons. The Hall–Kier alpha value is -2.46. The summed E-state index contributed by atoms with van der Waals surface area (Å²) in [5, 5.41) is 5.33. The Morgan fingerprint density at radius 1 is 1.13 bits per heavy atom. The normalized spacial score (nSPS) is 21.7. The van der Waals surface area contributed by atoms with Crippen molar-refractivity contribution in [3.63, 3.8) is 0 Å². The molecule has 0 bridgehead atoms. The Kier molecular flexibility index (Phi) is 5.78. The number of amides is 3. The van der Waals surface area contributed by atoms with Gasteiger partial charge in [0.1, 0.15) is 0 Å². The molecule has 0 radical (unpaired) electrons. The number of carbonyl (C=O) groups is 3. The molecule has 1 saturated heterocycles. The zero-order valence-corrected chi connectivity index (χ0v) is 18.6. The van der Waals surface area contributed by atoms with Crippen molar-refractivity contribution in [3.05, 3.63) is 23.3 Å². The van der Waals surface area contributed by atoms with Crippen molar-refractivity contribution in [1.82, 2.24) is 9.62 Å². The Bertz CT molecular complexity index is 1030. The van der Waals surface area contributed by atoms with Crippen LogP contribution >= 0.6 is 0 Å². The summed E-state index contributed by atoms with van der Waals surface area (Å²) in [4.78, 5) is 39.0. The van der Waals surface area contributed by atoms with E-state index in [9.17, 15) is 22.8 Å². The Labute approximate surface area is 182 Å². The molecule has 3 amide bonds. The number of hydrogen-bond donors (Lipinski definition) is 2. The van der Waals surface area contributed by atoms with Gasteiger partial charge in [-0.1, -0.05) is 0 Å². The van der Waals surface area contributed by atoms with Gasteiger partial charge in [0.15, 0.2) is 0 Å². The highest BCUT2D eigenvalue weighted by atomic mass is 32.2. The molecule has 0 aliphatic carbocycles. The van der Waals surface area contributed by atoms with Crippen LogP contribution in [0.4, 0.5) is 11.4 Å². The molecule has 3 aliphatic rings. The van der Waals surface area contributed by atoms with Crippen LogP contribution in [0.1, 0.15) is 43.2 Å². The van der Waals surface area contributed by atoms with E-state index in [0.29, 0.717) is 38.2 Å². The monoisotopic (exact) mass is 448 g/mol. The van der Waals surface area contributed by atoms with E-state index in [-0.39, 0.29) is 17.7 Å². The second-order valence-corrected chi connectivity index (χ2v) is 10.6. The van der Waals surface area contributed by atoms with Gasteiger partial charge in [0.05, 0.1) is 17.9 Å². The SMILES string of the molecule is C[C@@H]1C(=O)N2CCCc3cc(NC(=O)C(=O)NCC4CCN(S(C)(=O)=O)CC4)cc1c32. The maximum absolute atomic E-state index is 12.5. The van der Waals surface area contributed by atoms with Gasteiger partial charge in [0.25, 0.3) is 0 Å². The third-order valence-electron chi connectivity index (χ3n) is 6.48. The van der Waals surface area contributed by atoms with Gasteiger partial charge in [-0.05, 0) is 61.8 Å². The summed E-state index contributed by atoms with van der Waals surface area (Å²) < 4.78 is 24.6. The molecule has 1 aromatic carbocycles. The average molecular weight is 449 g/mol. The lowest BCUT2D eigenvalue weighted by Crippen LogP contribution is -2.43. The van der Waals surface area contributed by atoms with Crippen LogP contribution in [0, 0.1) is 5.92 Å². The molecule has 4 rings (SSSR count). The van der Waals surface area contributed by atoms with Crippen LogP contribution in [-0.2, 0) is 30.8 Å². The van der Waals surface area contributed by atoms with E-state index in [1.807, 2.05) is 17.9 Å². The number of aryl methyl sites for hydroxylation is 1. The Balaban J connectivity index is 1.34. The molecular weight excluding hydrogens is 420 g/mol. The zero-order valence-electron chi connectivity index (χ0n) is 17.8. The van der Waals surface area contributed by atoms with E-state index in [1.165, 1.54) is 10.6 Å². The summed E-state index contributed by atoms with van der Waals surface area (Å²) in [6.07, 6.45) is 4.19. The number of anilines is 2. The van der Waals surface area contributed by atoms with Crippen molar-refractivity contribution in [1.29, 1.82) is 0 Å². The van der Waals surface area contributed by atoms with Gasteiger partial charge >= 0.3 is 11.8 Å². The molecule has 9 nitrogen and oxygen atoms in total. The van der Waals surface area contributed by atoms with Crippen molar-refractivity contribution in [2.75, 3.05) is 42.7 Å². The molecule has 1 aromatic rings. The minimum atomic E-state index is -3.19. The molecule has 0 unspecified atom stereocenters. The second-order valence-electron chi connectivity index (χ2n) is 8.66. The number of rotatable bonds is 4. The smallest absolute Gasteiger partial charge is 0.313 e. The molecule has 3 heterocycles. The van der Waals surface area contributed by atoms with Crippen molar-refractivity contribution >= 4 is 39.1 Å². The summed E-state index contributed by atoms with van der Waals surface area (Å²) in [6, 6.07) is 3.64. The largest absolute Gasteiger partial charge is 0.348 e. The van der Waals surface area contributed by atoms with Gasteiger partial charge in [-0.2, -0.15) is 0 Å². The van der Waals surface area contributed by atoms with E-state index in [2.05, 4.69) is 10.6 Å². The van der Waals surface area contributed by atoms with Crippen LogP contribution in [-0.4, -0.2) is 62.9 Å². The Morgan fingerprint density at radius 2 is 1.84 bits per heavy atom. The summed E-state index contributed by atoms with van der Waals surface area (Å²) in [7, 11) is -3.19. The minimum Gasteiger partial charge on any atom is -0.348 e. The molecule has 1 fully saturated rings. The first-order valence-electron chi connectivity index (χ1n) is 10.7. The standard InChI is InChI=1S/C21H28N4O5S/c1-13-17-11-16(10-15-4-3-7-25(18(15)17)21(13)28)23-20(27)19(26)22-12-14-5-8-24(9-6-14)31(2,29)30/h10-11,13-14H,3-9,12H2,1-2H3,(H,22,26)(H,23,27)/t13-/m0/s1. The van der Waals surface area contributed by atoms with Crippen LogP contribution < -0.4 is 15.5 Å². The lowest BCUT2D eigenvalue weighted by Gasteiger charge is -2.30. The third kappa shape index (κ3) is 4.31. The van der Waals surface area contributed by atoms with Crippen LogP contribution in [0.3, 0.4) is 0 Å². The second kappa shape index (κ2) is 8.23. The topological polar surface area (TPSA) is 116 Å². The highest BCUT2D eigenvalue weighted by Crippen LogP contribution is 2.44. The molecule has 0 spiro atoms. The number of piperidine rings is 1. The first-order valence-corrected chi connectivity index (χ1v) is 12.5. The quantitative estimate of drug-likeness (QED) is 0.662. The van der Waals surface area contributed by atoms with Gasteiger partial charge < -0.3 is 15.5 Å². The van der Waals surface area contributed by atoms with Gasteiger partial charge in [-0.15, -0.1) is 0 Å². The maximum Gasteiger partial charge on any atom is 0.313 e. The number of sulfonamides is 1. The molecule has 2 N–H and O–H groups in total. The zero-order chi connectivity index (χ0) is 22.3.